The number of benzene rings is 1. The van der Waals surface area contributed by atoms with Gasteiger partial charge in [-0.05, 0) is 31.9 Å². The maximum Gasteiger partial charge on any atom is 0.255 e. The molecule has 3 N–H and O–H groups in total. The molecule has 5 nitrogen and oxygen atoms in total. The normalized spacial score (nSPS) is 13.3. The van der Waals surface area contributed by atoms with Gasteiger partial charge in [-0.15, -0.1) is 12.4 Å². The second-order valence-corrected chi connectivity index (χ2v) is 6.24. The predicted molar refractivity (Wildman–Crippen MR) is 95.3 cm³/mol. The van der Waals surface area contributed by atoms with E-state index >= 15 is 0 Å². The lowest BCUT2D eigenvalue weighted by molar-refractivity contribution is 0.0882. The van der Waals surface area contributed by atoms with Crippen LogP contribution in [0.5, 0.6) is 0 Å². The number of nitrogens with zero attached hydrogens (tertiary/aromatic N) is 2. The molecular formula is C17H24ClFN4O. The van der Waals surface area contributed by atoms with Gasteiger partial charge in [0.25, 0.3) is 5.91 Å². The number of halogens is 2. The van der Waals surface area contributed by atoms with Gasteiger partial charge in [-0.1, -0.05) is 26.0 Å². The van der Waals surface area contributed by atoms with Crippen molar-refractivity contribution in [2.75, 3.05) is 6.54 Å². The molecule has 0 aliphatic rings. The largest absolute Gasteiger partial charge is 0.345 e. The number of para-hydroxylation sites is 1. The van der Waals surface area contributed by atoms with Crippen molar-refractivity contribution in [1.29, 1.82) is 0 Å². The molecule has 2 aromatic rings. The van der Waals surface area contributed by atoms with Gasteiger partial charge in [0.05, 0.1) is 23.0 Å². The Kier molecular flexibility index (Phi) is 6.51. The van der Waals surface area contributed by atoms with Crippen LogP contribution in [0, 0.1) is 18.7 Å². The molecule has 0 radical (unpaired) electrons. The zero-order valence-electron chi connectivity index (χ0n) is 14.3. The summed E-state index contributed by atoms with van der Waals surface area (Å²) in [6, 6.07) is 6.32. The highest BCUT2D eigenvalue weighted by Gasteiger charge is 2.30. The van der Waals surface area contributed by atoms with Crippen LogP contribution in [0.1, 0.15) is 36.8 Å². The van der Waals surface area contributed by atoms with Gasteiger partial charge < -0.3 is 11.1 Å². The Morgan fingerprint density at radius 1 is 1.42 bits per heavy atom. The molecule has 1 heterocycles. The van der Waals surface area contributed by atoms with Crippen molar-refractivity contribution in [3.8, 4) is 5.69 Å². The third-order valence-corrected chi connectivity index (χ3v) is 4.43. The number of rotatable bonds is 5. The van der Waals surface area contributed by atoms with Crippen LogP contribution in [-0.4, -0.2) is 27.8 Å². The summed E-state index contributed by atoms with van der Waals surface area (Å²) < 4.78 is 15.3. The van der Waals surface area contributed by atoms with Crippen molar-refractivity contribution in [2.24, 2.45) is 11.7 Å². The lowest BCUT2D eigenvalue weighted by atomic mass is 9.88. The Morgan fingerprint density at radius 2 is 2.04 bits per heavy atom. The summed E-state index contributed by atoms with van der Waals surface area (Å²) in [4.78, 5) is 12.6. The van der Waals surface area contributed by atoms with Gasteiger partial charge >= 0.3 is 0 Å². The van der Waals surface area contributed by atoms with E-state index in [2.05, 4.69) is 10.4 Å². The number of amides is 1. The molecule has 1 atom stereocenters. The lowest BCUT2D eigenvalue weighted by Crippen LogP contribution is -2.55. The van der Waals surface area contributed by atoms with Gasteiger partial charge in [0.15, 0.2) is 0 Å². The van der Waals surface area contributed by atoms with E-state index in [-0.39, 0.29) is 30.0 Å². The maximum absolute atomic E-state index is 13.9. The number of nitrogens with one attached hydrogen (secondary N) is 1. The Hall–Kier alpha value is -1.92. The molecule has 0 bridgehead atoms. The number of aromatic nitrogens is 2. The van der Waals surface area contributed by atoms with Gasteiger partial charge in [0.1, 0.15) is 11.5 Å². The Morgan fingerprint density at radius 3 is 2.58 bits per heavy atom. The molecule has 1 aromatic heterocycles. The molecule has 0 spiro atoms. The molecule has 2 rings (SSSR count). The van der Waals surface area contributed by atoms with E-state index in [9.17, 15) is 9.18 Å². The average molecular weight is 355 g/mol. The van der Waals surface area contributed by atoms with Crippen LogP contribution in [0.15, 0.2) is 30.5 Å². The maximum atomic E-state index is 13.9. The van der Waals surface area contributed by atoms with Crippen molar-refractivity contribution in [1.82, 2.24) is 15.1 Å². The summed E-state index contributed by atoms with van der Waals surface area (Å²) in [5.74, 6) is -0.468. The number of hydrogen-bond donors (Lipinski definition) is 2. The topological polar surface area (TPSA) is 72.9 Å². The van der Waals surface area contributed by atoms with E-state index in [1.807, 2.05) is 20.8 Å². The van der Waals surface area contributed by atoms with Crippen molar-refractivity contribution >= 4 is 18.3 Å². The molecule has 0 saturated heterocycles. The quantitative estimate of drug-likeness (QED) is 0.867. The summed E-state index contributed by atoms with van der Waals surface area (Å²) in [5.41, 5.74) is 6.60. The van der Waals surface area contributed by atoms with Crippen LogP contribution in [0.3, 0.4) is 0 Å². The molecule has 1 unspecified atom stereocenters. The van der Waals surface area contributed by atoms with Gasteiger partial charge in [-0.25, -0.2) is 9.07 Å². The van der Waals surface area contributed by atoms with Gasteiger partial charge in [0.2, 0.25) is 0 Å². The molecular weight excluding hydrogens is 331 g/mol. The highest BCUT2D eigenvalue weighted by atomic mass is 35.5. The summed E-state index contributed by atoms with van der Waals surface area (Å²) >= 11 is 0. The first-order valence-electron chi connectivity index (χ1n) is 7.62. The third-order valence-electron chi connectivity index (χ3n) is 4.43. The third kappa shape index (κ3) is 3.76. The zero-order chi connectivity index (χ0) is 17.2. The monoisotopic (exact) mass is 354 g/mol. The minimum Gasteiger partial charge on any atom is -0.345 e. The predicted octanol–water partition coefficient (Wildman–Crippen LogP) is 2.84. The summed E-state index contributed by atoms with van der Waals surface area (Å²) in [6.07, 6.45) is 1.45. The van der Waals surface area contributed by atoms with Gasteiger partial charge in [0, 0.05) is 6.54 Å². The second kappa shape index (κ2) is 7.77. The molecule has 0 saturated carbocycles. The Bertz CT molecular complexity index is 716. The van der Waals surface area contributed by atoms with E-state index in [0.717, 1.165) is 0 Å². The first kappa shape index (κ1) is 20.1. The van der Waals surface area contributed by atoms with Crippen LogP contribution in [0.4, 0.5) is 4.39 Å². The molecule has 1 amide bonds. The first-order valence-corrected chi connectivity index (χ1v) is 7.62. The van der Waals surface area contributed by atoms with E-state index in [4.69, 9.17) is 5.73 Å². The molecule has 7 heteroatoms. The Labute approximate surface area is 147 Å². The van der Waals surface area contributed by atoms with Crippen LogP contribution in [-0.2, 0) is 0 Å². The van der Waals surface area contributed by atoms with E-state index < -0.39 is 5.54 Å². The fraction of sp³-hybridized carbons (Fsp3) is 0.412. The first-order chi connectivity index (χ1) is 10.8. The summed E-state index contributed by atoms with van der Waals surface area (Å²) in [5, 5.41) is 7.12. The molecule has 0 fully saturated rings. The van der Waals surface area contributed by atoms with E-state index in [0.29, 0.717) is 23.5 Å². The minimum atomic E-state index is -0.510. The average Bonchev–Trinajstić information content (AvgIpc) is 2.89. The number of hydrogen-bond acceptors (Lipinski definition) is 3. The van der Waals surface area contributed by atoms with Gasteiger partial charge in [-0.3, -0.25) is 4.79 Å². The standard InChI is InChI=1S/C17H23FN4O.ClH/c1-11(2)17(4,10-19)21-16(23)13-9-20-22(12(13)3)15-8-6-5-7-14(15)18;/h5-9,11H,10,19H2,1-4H3,(H,21,23);1H. The van der Waals surface area contributed by atoms with Crippen LogP contribution in [0.2, 0.25) is 0 Å². The SMILES string of the molecule is Cc1c(C(=O)NC(C)(CN)C(C)C)cnn1-c1ccccc1F.Cl. The van der Waals surface area contributed by atoms with Crippen molar-refractivity contribution in [2.45, 2.75) is 33.2 Å². The van der Waals surface area contributed by atoms with E-state index in [1.165, 1.54) is 16.9 Å². The molecule has 0 aliphatic carbocycles. The summed E-state index contributed by atoms with van der Waals surface area (Å²) in [7, 11) is 0. The number of nitrogens with two attached hydrogens (primary N) is 1. The minimum absolute atomic E-state index is 0. The lowest BCUT2D eigenvalue weighted by Gasteiger charge is -2.33. The second-order valence-electron chi connectivity index (χ2n) is 6.24. The molecule has 132 valence electrons. The highest BCUT2D eigenvalue weighted by Crippen LogP contribution is 2.19. The van der Waals surface area contributed by atoms with Crippen LogP contribution >= 0.6 is 12.4 Å². The fourth-order valence-electron chi connectivity index (χ4n) is 2.26. The van der Waals surface area contributed by atoms with Crippen molar-refractivity contribution in [3.63, 3.8) is 0 Å². The van der Waals surface area contributed by atoms with E-state index in [1.54, 1.807) is 25.1 Å². The van der Waals surface area contributed by atoms with Crippen molar-refractivity contribution in [3.05, 3.63) is 47.5 Å². The highest BCUT2D eigenvalue weighted by molar-refractivity contribution is 5.95. The molecule has 24 heavy (non-hydrogen) atoms. The fourth-order valence-corrected chi connectivity index (χ4v) is 2.26. The summed E-state index contributed by atoms with van der Waals surface area (Å²) in [6.45, 7) is 7.98. The van der Waals surface area contributed by atoms with Gasteiger partial charge in [-0.2, -0.15) is 5.10 Å². The molecule has 1 aromatic carbocycles. The smallest absolute Gasteiger partial charge is 0.255 e. The molecule has 0 aliphatic heterocycles. The number of carbonyl (C=O) groups is 1. The van der Waals surface area contributed by atoms with Crippen molar-refractivity contribution < 1.29 is 9.18 Å². The van der Waals surface area contributed by atoms with Crippen LogP contribution < -0.4 is 11.1 Å². The number of carbonyl (C=O) groups excluding carboxylic acids is 1. The zero-order valence-corrected chi connectivity index (χ0v) is 15.2. The Balaban J connectivity index is 0.00000288. The van der Waals surface area contributed by atoms with Crippen LogP contribution in [0.25, 0.3) is 5.69 Å².